The number of aromatic amines is 1. The SMILES string of the molecule is O=C(Nc1c[nH]ccc1=O)c1ccc(CN2CCCC2)o1. The summed E-state index contributed by atoms with van der Waals surface area (Å²) >= 11 is 0. The molecule has 0 spiro atoms. The number of carbonyl (C=O) groups excluding carboxylic acids is 1. The summed E-state index contributed by atoms with van der Waals surface area (Å²) in [5.41, 5.74) is -0.0362. The Morgan fingerprint density at radius 3 is 2.86 bits per heavy atom. The van der Waals surface area contributed by atoms with Gasteiger partial charge in [-0.15, -0.1) is 0 Å². The van der Waals surface area contributed by atoms with E-state index in [0.29, 0.717) is 0 Å². The van der Waals surface area contributed by atoms with Gasteiger partial charge in [0.1, 0.15) is 11.4 Å². The lowest BCUT2D eigenvalue weighted by Crippen LogP contribution is -2.18. The van der Waals surface area contributed by atoms with Crippen LogP contribution in [-0.4, -0.2) is 28.9 Å². The number of anilines is 1. The first-order chi connectivity index (χ1) is 10.2. The van der Waals surface area contributed by atoms with Crippen LogP contribution in [0.1, 0.15) is 29.2 Å². The van der Waals surface area contributed by atoms with Crippen LogP contribution in [0.15, 0.2) is 39.8 Å². The fourth-order valence-electron chi connectivity index (χ4n) is 2.44. The quantitative estimate of drug-likeness (QED) is 0.899. The van der Waals surface area contributed by atoms with Crippen LogP contribution in [0.2, 0.25) is 0 Å². The highest BCUT2D eigenvalue weighted by Crippen LogP contribution is 2.15. The number of pyridine rings is 1. The Hall–Kier alpha value is -2.34. The van der Waals surface area contributed by atoms with Gasteiger partial charge in [-0.25, -0.2) is 0 Å². The number of hydrogen-bond donors (Lipinski definition) is 2. The first-order valence-electron chi connectivity index (χ1n) is 7.02. The van der Waals surface area contributed by atoms with Gasteiger partial charge in [0.05, 0.1) is 6.54 Å². The standard InChI is InChI=1S/C15H17N3O3/c19-13-5-6-16-9-12(13)17-15(20)14-4-3-11(21-14)10-18-7-1-2-8-18/h3-6,9H,1-2,7-8,10H2,(H,16,19)(H,17,20). The van der Waals surface area contributed by atoms with Gasteiger partial charge < -0.3 is 14.7 Å². The van der Waals surface area contributed by atoms with Crippen LogP contribution < -0.4 is 10.7 Å². The van der Waals surface area contributed by atoms with Gasteiger partial charge in [0.15, 0.2) is 5.76 Å². The van der Waals surface area contributed by atoms with E-state index in [2.05, 4.69) is 15.2 Å². The van der Waals surface area contributed by atoms with Crippen LogP contribution in [0.25, 0.3) is 0 Å². The molecule has 2 aromatic rings. The van der Waals surface area contributed by atoms with Gasteiger partial charge in [-0.05, 0) is 38.1 Å². The third kappa shape index (κ3) is 3.22. The minimum atomic E-state index is -0.417. The average Bonchev–Trinajstić information content (AvgIpc) is 3.13. The van der Waals surface area contributed by atoms with E-state index in [4.69, 9.17) is 4.42 Å². The maximum atomic E-state index is 12.0. The number of hydrogen-bond acceptors (Lipinski definition) is 4. The summed E-state index contributed by atoms with van der Waals surface area (Å²) < 4.78 is 5.55. The summed E-state index contributed by atoms with van der Waals surface area (Å²) in [6.07, 6.45) is 5.39. The van der Waals surface area contributed by atoms with Gasteiger partial charge >= 0.3 is 0 Å². The van der Waals surface area contributed by atoms with Crippen molar-refractivity contribution in [1.82, 2.24) is 9.88 Å². The second-order valence-corrected chi connectivity index (χ2v) is 5.13. The number of furan rings is 1. The lowest BCUT2D eigenvalue weighted by molar-refractivity contribution is 0.0993. The van der Waals surface area contributed by atoms with Crippen molar-refractivity contribution in [2.75, 3.05) is 18.4 Å². The molecule has 1 amide bonds. The van der Waals surface area contributed by atoms with E-state index >= 15 is 0 Å². The average molecular weight is 287 g/mol. The molecule has 0 unspecified atom stereocenters. The molecule has 1 aliphatic heterocycles. The monoisotopic (exact) mass is 287 g/mol. The Bertz CT molecular complexity index is 683. The highest BCUT2D eigenvalue weighted by Gasteiger charge is 2.16. The molecule has 3 heterocycles. The highest BCUT2D eigenvalue weighted by molar-refractivity contribution is 6.02. The smallest absolute Gasteiger partial charge is 0.291 e. The molecule has 1 aliphatic rings. The molecule has 2 aromatic heterocycles. The van der Waals surface area contributed by atoms with Crippen molar-refractivity contribution in [3.8, 4) is 0 Å². The summed E-state index contributed by atoms with van der Waals surface area (Å²) in [6, 6.07) is 4.80. The summed E-state index contributed by atoms with van der Waals surface area (Å²) in [5, 5.41) is 2.54. The third-order valence-corrected chi connectivity index (χ3v) is 3.54. The van der Waals surface area contributed by atoms with E-state index in [1.807, 2.05) is 6.07 Å². The first kappa shape index (κ1) is 13.6. The minimum absolute atomic E-state index is 0.208. The Morgan fingerprint density at radius 1 is 1.29 bits per heavy atom. The van der Waals surface area contributed by atoms with Crippen LogP contribution >= 0.6 is 0 Å². The molecule has 110 valence electrons. The van der Waals surface area contributed by atoms with Crippen molar-refractivity contribution in [3.05, 3.63) is 52.3 Å². The summed E-state index contributed by atoms with van der Waals surface area (Å²) in [7, 11) is 0. The van der Waals surface area contributed by atoms with Gasteiger partial charge in [0, 0.05) is 18.5 Å². The molecule has 6 heteroatoms. The molecule has 6 nitrogen and oxygen atoms in total. The van der Waals surface area contributed by atoms with Crippen molar-refractivity contribution in [2.24, 2.45) is 0 Å². The molecule has 0 bridgehead atoms. The van der Waals surface area contributed by atoms with Crippen LogP contribution in [0.4, 0.5) is 5.69 Å². The van der Waals surface area contributed by atoms with E-state index in [9.17, 15) is 9.59 Å². The fraction of sp³-hybridized carbons (Fsp3) is 0.333. The maximum Gasteiger partial charge on any atom is 0.291 e. The lowest BCUT2D eigenvalue weighted by atomic mass is 10.3. The van der Waals surface area contributed by atoms with Crippen molar-refractivity contribution in [2.45, 2.75) is 19.4 Å². The van der Waals surface area contributed by atoms with Gasteiger partial charge in [0.2, 0.25) is 5.43 Å². The number of nitrogens with one attached hydrogen (secondary N) is 2. The molecular formula is C15H17N3O3. The maximum absolute atomic E-state index is 12.0. The fourth-order valence-corrected chi connectivity index (χ4v) is 2.44. The number of rotatable bonds is 4. The van der Waals surface area contributed by atoms with E-state index in [1.165, 1.54) is 31.3 Å². The van der Waals surface area contributed by atoms with Crippen LogP contribution in [0.5, 0.6) is 0 Å². The third-order valence-electron chi connectivity index (χ3n) is 3.54. The number of carbonyl (C=O) groups is 1. The second-order valence-electron chi connectivity index (χ2n) is 5.13. The predicted molar refractivity (Wildman–Crippen MR) is 78.2 cm³/mol. The summed E-state index contributed by atoms with van der Waals surface area (Å²) in [5.74, 6) is 0.566. The highest BCUT2D eigenvalue weighted by atomic mass is 16.4. The molecule has 0 aliphatic carbocycles. The second kappa shape index (κ2) is 5.97. The number of aromatic nitrogens is 1. The number of H-pyrrole nitrogens is 1. The molecule has 0 radical (unpaired) electrons. The van der Waals surface area contributed by atoms with Crippen molar-refractivity contribution < 1.29 is 9.21 Å². The van der Waals surface area contributed by atoms with Gasteiger partial charge in [-0.3, -0.25) is 14.5 Å². The number of nitrogens with zero attached hydrogens (tertiary/aromatic N) is 1. The van der Waals surface area contributed by atoms with Crippen LogP contribution in [0, 0.1) is 0 Å². The normalized spacial score (nSPS) is 15.2. The molecule has 1 saturated heterocycles. The Morgan fingerprint density at radius 2 is 2.10 bits per heavy atom. The summed E-state index contributed by atoms with van der Waals surface area (Å²) in [4.78, 5) is 28.6. The van der Waals surface area contributed by atoms with E-state index in [1.54, 1.807) is 6.07 Å². The Labute approximate surface area is 121 Å². The molecule has 3 rings (SSSR count). The van der Waals surface area contributed by atoms with Gasteiger partial charge in [0.25, 0.3) is 5.91 Å². The molecular weight excluding hydrogens is 270 g/mol. The minimum Gasteiger partial charge on any atom is -0.455 e. The van der Waals surface area contributed by atoms with Crippen molar-refractivity contribution in [1.29, 1.82) is 0 Å². The zero-order valence-corrected chi connectivity index (χ0v) is 11.6. The largest absolute Gasteiger partial charge is 0.455 e. The van der Waals surface area contributed by atoms with Gasteiger partial charge in [-0.1, -0.05) is 0 Å². The lowest BCUT2D eigenvalue weighted by Gasteiger charge is -2.11. The predicted octanol–water partition coefficient (Wildman–Crippen LogP) is 1.82. The van der Waals surface area contributed by atoms with E-state index in [-0.39, 0.29) is 16.9 Å². The van der Waals surface area contributed by atoms with E-state index in [0.717, 1.165) is 25.4 Å². The van der Waals surface area contributed by atoms with Crippen LogP contribution in [0.3, 0.4) is 0 Å². The number of amides is 1. The summed E-state index contributed by atoms with van der Waals surface area (Å²) in [6.45, 7) is 2.86. The molecule has 0 aromatic carbocycles. The number of likely N-dealkylation sites (tertiary alicyclic amines) is 1. The molecule has 0 atom stereocenters. The topological polar surface area (TPSA) is 78.3 Å². The first-order valence-corrected chi connectivity index (χ1v) is 7.02. The molecule has 21 heavy (non-hydrogen) atoms. The zero-order chi connectivity index (χ0) is 14.7. The van der Waals surface area contributed by atoms with Crippen LogP contribution in [-0.2, 0) is 6.54 Å². The van der Waals surface area contributed by atoms with Gasteiger partial charge in [-0.2, -0.15) is 0 Å². The van der Waals surface area contributed by atoms with E-state index < -0.39 is 5.91 Å². The molecule has 0 saturated carbocycles. The van der Waals surface area contributed by atoms with Crippen molar-refractivity contribution >= 4 is 11.6 Å². The van der Waals surface area contributed by atoms with Crippen molar-refractivity contribution in [3.63, 3.8) is 0 Å². The molecule has 1 fully saturated rings. The Balaban J connectivity index is 1.66. The zero-order valence-electron chi connectivity index (χ0n) is 11.6. The molecule has 2 N–H and O–H groups in total. The Kier molecular flexibility index (Phi) is 3.87.